The molecule has 0 rings (SSSR count). The molecule has 3 N–H and O–H groups in total. The minimum atomic E-state index is -1.22. The van der Waals surface area contributed by atoms with E-state index in [1.54, 1.807) is 0 Å². The van der Waals surface area contributed by atoms with Gasteiger partial charge in [-0.05, 0) is 26.2 Å². The lowest BCUT2D eigenvalue weighted by atomic mass is 10.1. The lowest BCUT2D eigenvalue weighted by Crippen LogP contribution is -2.47. The van der Waals surface area contributed by atoms with Gasteiger partial charge in [-0.2, -0.15) is 0 Å². The quantitative estimate of drug-likeness (QED) is 0.379. The Kier molecular flexibility index (Phi) is 10.7. The van der Waals surface area contributed by atoms with E-state index in [-0.39, 0.29) is 5.91 Å². The summed E-state index contributed by atoms with van der Waals surface area (Å²) in [6.45, 7) is 5.02. The smallest absolute Gasteiger partial charge is 0.328 e. The van der Waals surface area contributed by atoms with Crippen molar-refractivity contribution in [1.29, 1.82) is 0 Å². The van der Waals surface area contributed by atoms with Crippen molar-refractivity contribution in [2.75, 3.05) is 0 Å². The second-order valence-electron chi connectivity index (χ2n) is 5.07. The number of nitrogens with one attached hydrogen (secondary N) is 1. The first-order valence-corrected chi connectivity index (χ1v) is 7.30. The number of carbonyl (C=O) groups excluding carboxylic acids is 1. The van der Waals surface area contributed by atoms with E-state index in [2.05, 4.69) is 11.9 Å². The number of amides is 1. The Hall–Kier alpha value is -1.36. The van der Waals surface area contributed by atoms with Crippen molar-refractivity contribution in [2.24, 2.45) is 0 Å². The molecule has 0 saturated carbocycles. The van der Waals surface area contributed by atoms with E-state index >= 15 is 0 Å². The van der Waals surface area contributed by atoms with Crippen molar-refractivity contribution >= 4 is 11.9 Å². The molecule has 1 amide bonds. The van der Waals surface area contributed by atoms with Gasteiger partial charge in [-0.25, -0.2) is 4.79 Å². The van der Waals surface area contributed by atoms with Gasteiger partial charge in [0, 0.05) is 6.42 Å². The van der Waals surface area contributed by atoms with Crippen molar-refractivity contribution < 1.29 is 19.8 Å². The molecule has 0 unspecified atom stereocenters. The highest BCUT2D eigenvalue weighted by Crippen LogP contribution is 2.09. The Bertz CT molecular complexity index is 302. The number of aliphatic carboxylic acids is 1. The summed E-state index contributed by atoms with van der Waals surface area (Å²) in [7, 11) is 0. The molecule has 0 fully saturated rings. The van der Waals surface area contributed by atoms with Crippen LogP contribution in [0.4, 0.5) is 0 Å². The molecular formula is C15H27NO4. The molecule has 20 heavy (non-hydrogen) atoms. The highest BCUT2D eigenvalue weighted by molar-refractivity contribution is 5.83. The predicted octanol–water partition coefficient (Wildman–Crippen LogP) is 2.24. The second kappa shape index (κ2) is 11.5. The lowest BCUT2D eigenvalue weighted by molar-refractivity contribution is -0.144. The van der Waals surface area contributed by atoms with Gasteiger partial charge in [0.15, 0.2) is 6.04 Å². The third kappa shape index (κ3) is 9.55. The molecule has 0 aliphatic carbocycles. The van der Waals surface area contributed by atoms with E-state index in [9.17, 15) is 14.7 Å². The van der Waals surface area contributed by atoms with Crippen molar-refractivity contribution in [2.45, 2.75) is 70.4 Å². The maximum Gasteiger partial charge on any atom is 0.328 e. The molecule has 0 aliphatic rings. The van der Waals surface area contributed by atoms with Crippen molar-refractivity contribution in [1.82, 2.24) is 5.32 Å². The Morgan fingerprint density at radius 3 is 2.20 bits per heavy atom. The average molecular weight is 285 g/mol. The molecule has 2 atom stereocenters. The third-order valence-corrected chi connectivity index (χ3v) is 3.13. The molecular weight excluding hydrogens is 258 g/mol. The van der Waals surface area contributed by atoms with Crippen LogP contribution in [0.15, 0.2) is 12.7 Å². The summed E-state index contributed by atoms with van der Waals surface area (Å²) in [6, 6.07) is -1.22. The Morgan fingerprint density at radius 1 is 1.15 bits per heavy atom. The van der Waals surface area contributed by atoms with Crippen LogP contribution in [0.25, 0.3) is 0 Å². The molecule has 0 radical (unpaired) electrons. The van der Waals surface area contributed by atoms with Crippen LogP contribution in [-0.2, 0) is 9.59 Å². The molecule has 0 spiro atoms. The Morgan fingerprint density at radius 2 is 1.70 bits per heavy atom. The largest absolute Gasteiger partial charge is 0.480 e. The topological polar surface area (TPSA) is 86.6 Å². The molecule has 0 aromatic heterocycles. The summed E-state index contributed by atoms with van der Waals surface area (Å²) in [4.78, 5) is 22.3. The van der Waals surface area contributed by atoms with Crippen LogP contribution in [0.2, 0.25) is 0 Å². The molecule has 0 saturated heterocycles. The summed E-state index contributed by atoms with van der Waals surface area (Å²) >= 11 is 0. The third-order valence-electron chi connectivity index (χ3n) is 3.13. The van der Waals surface area contributed by atoms with Gasteiger partial charge in [-0.15, -0.1) is 6.58 Å². The first-order valence-electron chi connectivity index (χ1n) is 7.30. The summed E-state index contributed by atoms with van der Waals surface area (Å²) < 4.78 is 0. The van der Waals surface area contributed by atoms with Gasteiger partial charge in [0.1, 0.15) is 0 Å². The first-order chi connectivity index (χ1) is 9.49. The Labute approximate surface area is 121 Å². The molecule has 0 aliphatic heterocycles. The number of hydrogen-bond acceptors (Lipinski definition) is 3. The zero-order valence-electron chi connectivity index (χ0n) is 12.3. The molecule has 0 aromatic rings. The summed E-state index contributed by atoms with van der Waals surface area (Å²) in [5.41, 5.74) is 0. The molecule has 0 heterocycles. The first kappa shape index (κ1) is 18.6. The molecule has 0 aromatic carbocycles. The monoisotopic (exact) mass is 285 g/mol. The highest BCUT2D eigenvalue weighted by atomic mass is 16.4. The van der Waals surface area contributed by atoms with E-state index in [1.165, 1.54) is 19.8 Å². The van der Waals surface area contributed by atoms with E-state index in [1.807, 2.05) is 6.08 Å². The van der Waals surface area contributed by atoms with Gasteiger partial charge >= 0.3 is 5.97 Å². The lowest BCUT2D eigenvalue weighted by Gasteiger charge is -2.16. The van der Waals surface area contributed by atoms with E-state index in [0.29, 0.717) is 6.42 Å². The van der Waals surface area contributed by atoms with Gasteiger partial charge in [-0.1, -0.05) is 31.8 Å². The van der Waals surface area contributed by atoms with Crippen molar-refractivity contribution in [3.8, 4) is 0 Å². The second-order valence-corrected chi connectivity index (χ2v) is 5.07. The van der Waals surface area contributed by atoms with Crippen LogP contribution in [0, 0.1) is 0 Å². The number of unbranched alkanes of at least 4 members (excludes halogenated alkanes) is 6. The van der Waals surface area contributed by atoms with E-state index < -0.39 is 18.1 Å². The SMILES string of the molecule is C=CCCCCCCCCC(=O)N[C@H](C(=O)O)[C@@H](C)O. The fourth-order valence-corrected chi connectivity index (χ4v) is 1.92. The molecule has 5 nitrogen and oxygen atoms in total. The normalized spacial score (nSPS) is 13.5. The number of hydrogen-bond donors (Lipinski definition) is 3. The van der Waals surface area contributed by atoms with Crippen LogP contribution >= 0.6 is 0 Å². The number of aliphatic hydroxyl groups is 1. The number of aliphatic hydroxyl groups excluding tert-OH is 1. The number of carbonyl (C=O) groups is 2. The standard InChI is InChI=1S/C15H27NO4/c1-3-4-5-6-7-8-9-10-11-13(18)16-14(12(2)17)15(19)20/h3,12,14,17H,1,4-11H2,2H3,(H,16,18)(H,19,20)/t12-,14+/m1/s1. The minimum absolute atomic E-state index is 0.309. The average Bonchev–Trinajstić information content (AvgIpc) is 2.38. The van der Waals surface area contributed by atoms with Crippen LogP contribution < -0.4 is 5.32 Å². The molecule has 5 heteroatoms. The van der Waals surface area contributed by atoms with Crippen LogP contribution in [-0.4, -0.2) is 34.2 Å². The van der Waals surface area contributed by atoms with E-state index in [0.717, 1.165) is 32.1 Å². The summed E-state index contributed by atoms with van der Waals surface area (Å²) in [5, 5.41) is 20.4. The van der Waals surface area contributed by atoms with Gasteiger partial charge in [0.25, 0.3) is 0 Å². The van der Waals surface area contributed by atoms with Gasteiger partial charge in [-0.3, -0.25) is 4.79 Å². The fraction of sp³-hybridized carbons (Fsp3) is 0.733. The molecule has 116 valence electrons. The number of allylic oxidation sites excluding steroid dienone is 1. The van der Waals surface area contributed by atoms with Crippen LogP contribution in [0.3, 0.4) is 0 Å². The summed E-state index contributed by atoms with van der Waals surface area (Å²) in [5.74, 6) is -1.53. The zero-order chi connectivity index (χ0) is 15.4. The van der Waals surface area contributed by atoms with Gasteiger partial charge in [0.05, 0.1) is 6.10 Å². The predicted molar refractivity (Wildman–Crippen MR) is 78.4 cm³/mol. The van der Waals surface area contributed by atoms with Crippen LogP contribution in [0.1, 0.15) is 58.3 Å². The van der Waals surface area contributed by atoms with Gasteiger partial charge in [0.2, 0.25) is 5.91 Å². The van der Waals surface area contributed by atoms with Crippen molar-refractivity contribution in [3.05, 3.63) is 12.7 Å². The summed E-state index contributed by atoms with van der Waals surface area (Å²) in [6.07, 6.45) is 8.49. The Balaban J connectivity index is 3.62. The van der Waals surface area contributed by atoms with Crippen molar-refractivity contribution in [3.63, 3.8) is 0 Å². The maximum atomic E-state index is 11.5. The number of carboxylic acid groups (broad SMARTS) is 1. The number of rotatable bonds is 12. The van der Waals surface area contributed by atoms with Crippen LogP contribution in [0.5, 0.6) is 0 Å². The van der Waals surface area contributed by atoms with Gasteiger partial charge < -0.3 is 15.5 Å². The zero-order valence-corrected chi connectivity index (χ0v) is 12.3. The fourth-order valence-electron chi connectivity index (χ4n) is 1.92. The highest BCUT2D eigenvalue weighted by Gasteiger charge is 2.24. The number of carboxylic acids is 1. The van der Waals surface area contributed by atoms with E-state index in [4.69, 9.17) is 5.11 Å². The maximum absolute atomic E-state index is 11.5. The molecule has 0 bridgehead atoms. The minimum Gasteiger partial charge on any atom is -0.480 e.